The first kappa shape index (κ1) is 18.0. The molecule has 0 aliphatic carbocycles. The van der Waals surface area contributed by atoms with Crippen LogP contribution < -0.4 is 10.5 Å². The molecule has 2 aromatic rings. The summed E-state index contributed by atoms with van der Waals surface area (Å²) < 4.78 is 5.75. The van der Waals surface area contributed by atoms with E-state index in [0.717, 1.165) is 0 Å². The third-order valence-electron chi connectivity index (χ3n) is 4.17. The first-order valence-corrected chi connectivity index (χ1v) is 8.47. The van der Waals surface area contributed by atoms with Gasteiger partial charge < -0.3 is 19.5 Å². The number of H-pyrrole nitrogens is 1. The highest BCUT2D eigenvalue weighted by Crippen LogP contribution is 2.14. The molecule has 9 heteroatoms. The van der Waals surface area contributed by atoms with E-state index >= 15 is 0 Å². The highest BCUT2D eigenvalue weighted by atomic mass is 16.5. The number of aryl methyl sites for hydroxylation is 1. The molecule has 1 unspecified atom stereocenters. The van der Waals surface area contributed by atoms with Crippen molar-refractivity contribution in [1.29, 1.82) is 0 Å². The third kappa shape index (κ3) is 4.42. The van der Waals surface area contributed by atoms with Gasteiger partial charge in [0.15, 0.2) is 0 Å². The number of amides is 1. The molecule has 1 N–H and O–H groups in total. The Labute approximate surface area is 151 Å². The first-order chi connectivity index (χ1) is 12.5. The standard InChI is InChI=1S/C17H22N6O3/c1-22(2)17-18-8-12(9-19-17)16(25)23-5-6-26-14(10-23)4-3-13-7-15(24)21-11-20-13/h7-9,11,14H,3-6,10H2,1-2H3,(H,20,21,24). The quantitative estimate of drug-likeness (QED) is 0.808. The van der Waals surface area contributed by atoms with E-state index in [2.05, 4.69) is 19.9 Å². The van der Waals surface area contributed by atoms with Crippen LogP contribution in [0.2, 0.25) is 0 Å². The molecule has 2 aromatic heterocycles. The maximum atomic E-state index is 12.7. The molecule has 1 aliphatic rings. The lowest BCUT2D eigenvalue weighted by molar-refractivity contribution is -0.0247. The second kappa shape index (κ2) is 8.05. The number of nitrogens with zero attached hydrogens (tertiary/aromatic N) is 5. The lowest BCUT2D eigenvalue weighted by Crippen LogP contribution is -2.45. The Morgan fingerprint density at radius 1 is 1.35 bits per heavy atom. The second-order valence-electron chi connectivity index (χ2n) is 6.35. The minimum absolute atomic E-state index is 0.0873. The van der Waals surface area contributed by atoms with Crippen LogP contribution in [0.3, 0.4) is 0 Å². The minimum Gasteiger partial charge on any atom is -0.375 e. The molecule has 0 spiro atoms. The van der Waals surface area contributed by atoms with E-state index in [1.54, 1.807) is 22.2 Å². The molecular formula is C17H22N6O3. The van der Waals surface area contributed by atoms with Crippen molar-refractivity contribution < 1.29 is 9.53 Å². The van der Waals surface area contributed by atoms with Crippen LogP contribution in [0, 0.1) is 0 Å². The van der Waals surface area contributed by atoms with Gasteiger partial charge in [0.05, 0.1) is 24.6 Å². The number of rotatable bonds is 5. The van der Waals surface area contributed by atoms with Gasteiger partial charge in [0, 0.05) is 51.3 Å². The maximum Gasteiger partial charge on any atom is 0.257 e. The van der Waals surface area contributed by atoms with Crippen molar-refractivity contribution in [2.24, 2.45) is 0 Å². The van der Waals surface area contributed by atoms with Gasteiger partial charge in [-0.25, -0.2) is 15.0 Å². The minimum atomic E-state index is -0.169. The van der Waals surface area contributed by atoms with Crippen molar-refractivity contribution >= 4 is 11.9 Å². The fourth-order valence-electron chi connectivity index (χ4n) is 2.78. The van der Waals surface area contributed by atoms with Gasteiger partial charge in [0.1, 0.15) is 0 Å². The largest absolute Gasteiger partial charge is 0.375 e. The van der Waals surface area contributed by atoms with Crippen molar-refractivity contribution in [1.82, 2.24) is 24.8 Å². The Morgan fingerprint density at radius 2 is 2.12 bits per heavy atom. The summed E-state index contributed by atoms with van der Waals surface area (Å²) in [4.78, 5) is 42.5. The van der Waals surface area contributed by atoms with Crippen molar-refractivity contribution in [2.45, 2.75) is 18.9 Å². The van der Waals surface area contributed by atoms with Gasteiger partial charge in [0.25, 0.3) is 11.5 Å². The van der Waals surface area contributed by atoms with Crippen LogP contribution in [0.1, 0.15) is 22.5 Å². The second-order valence-corrected chi connectivity index (χ2v) is 6.35. The number of ether oxygens (including phenoxy) is 1. The SMILES string of the molecule is CN(C)c1ncc(C(=O)N2CCOC(CCc3cc(=O)[nH]cn3)C2)cn1. The Bertz CT molecular complexity index is 805. The van der Waals surface area contributed by atoms with Crippen LogP contribution in [-0.4, -0.2) is 70.6 Å². The van der Waals surface area contributed by atoms with Gasteiger partial charge in [-0.05, 0) is 12.8 Å². The zero-order valence-corrected chi connectivity index (χ0v) is 14.9. The van der Waals surface area contributed by atoms with Crippen LogP contribution in [0.25, 0.3) is 0 Å². The summed E-state index contributed by atoms with van der Waals surface area (Å²) in [7, 11) is 3.69. The highest BCUT2D eigenvalue weighted by Gasteiger charge is 2.25. The van der Waals surface area contributed by atoms with Crippen LogP contribution >= 0.6 is 0 Å². The molecule has 138 valence electrons. The molecule has 0 saturated carbocycles. The van der Waals surface area contributed by atoms with Crippen LogP contribution in [0.15, 0.2) is 29.6 Å². The molecule has 26 heavy (non-hydrogen) atoms. The summed E-state index contributed by atoms with van der Waals surface area (Å²) in [5.74, 6) is 0.463. The average Bonchev–Trinajstić information content (AvgIpc) is 2.66. The van der Waals surface area contributed by atoms with E-state index in [4.69, 9.17) is 4.74 Å². The topological polar surface area (TPSA) is 104 Å². The van der Waals surface area contributed by atoms with E-state index in [1.807, 2.05) is 14.1 Å². The highest BCUT2D eigenvalue weighted by molar-refractivity contribution is 5.93. The summed E-state index contributed by atoms with van der Waals surface area (Å²) >= 11 is 0. The zero-order chi connectivity index (χ0) is 18.5. The fraction of sp³-hybridized carbons (Fsp3) is 0.471. The first-order valence-electron chi connectivity index (χ1n) is 8.47. The normalized spacial score (nSPS) is 17.2. The number of carbonyl (C=O) groups is 1. The van der Waals surface area contributed by atoms with Gasteiger partial charge in [-0.15, -0.1) is 0 Å². The molecule has 1 fully saturated rings. The molecular weight excluding hydrogens is 336 g/mol. The molecule has 3 rings (SSSR count). The molecule has 0 bridgehead atoms. The average molecular weight is 358 g/mol. The van der Waals surface area contributed by atoms with E-state index in [-0.39, 0.29) is 17.6 Å². The number of nitrogens with one attached hydrogen (secondary N) is 1. The number of hydrogen-bond donors (Lipinski definition) is 1. The fourth-order valence-corrected chi connectivity index (χ4v) is 2.78. The summed E-state index contributed by atoms with van der Waals surface area (Å²) in [6.07, 6.45) is 5.72. The smallest absolute Gasteiger partial charge is 0.257 e. The summed E-state index contributed by atoms with van der Waals surface area (Å²) in [5, 5.41) is 0. The summed E-state index contributed by atoms with van der Waals surface area (Å²) in [6.45, 7) is 1.52. The van der Waals surface area contributed by atoms with E-state index in [0.29, 0.717) is 49.7 Å². The number of morpholine rings is 1. The van der Waals surface area contributed by atoms with Gasteiger partial charge in [0.2, 0.25) is 5.95 Å². The van der Waals surface area contributed by atoms with Gasteiger partial charge in [-0.3, -0.25) is 9.59 Å². The maximum absolute atomic E-state index is 12.7. The monoisotopic (exact) mass is 358 g/mol. The number of aromatic amines is 1. The van der Waals surface area contributed by atoms with Gasteiger partial charge in [-0.2, -0.15) is 0 Å². The summed E-state index contributed by atoms with van der Waals surface area (Å²) in [5.41, 5.74) is 1.01. The molecule has 0 radical (unpaired) electrons. The summed E-state index contributed by atoms with van der Waals surface area (Å²) in [6, 6.07) is 1.48. The zero-order valence-electron chi connectivity index (χ0n) is 14.9. The Balaban J connectivity index is 1.58. The number of aromatic nitrogens is 4. The molecule has 3 heterocycles. The molecule has 0 aromatic carbocycles. The van der Waals surface area contributed by atoms with E-state index in [1.165, 1.54) is 12.4 Å². The molecule has 9 nitrogen and oxygen atoms in total. The predicted molar refractivity (Wildman–Crippen MR) is 95.2 cm³/mol. The number of hydrogen-bond acceptors (Lipinski definition) is 7. The van der Waals surface area contributed by atoms with Crippen molar-refractivity contribution in [3.8, 4) is 0 Å². The lowest BCUT2D eigenvalue weighted by atomic mass is 10.1. The predicted octanol–water partition coefficient (Wildman–Crippen LogP) is 0.0997. The van der Waals surface area contributed by atoms with E-state index < -0.39 is 0 Å². The Morgan fingerprint density at radius 3 is 2.81 bits per heavy atom. The van der Waals surface area contributed by atoms with Crippen molar-refractivity contribution in [3.05, 3.63) is 46.4 Å². The number of carbonyl (C=O) groups excluding carboxylic acids is 1. The van der Waals surface area contributed by atoms with Crippen molar-refractivity contribution in [3.63, 3.8) is 0 Å². The molecule has 1 atom stereocenters. The Hall–Kier alpha value is -2.81. The van der Waals surface area contributed by atoms with E-state index in [9.17, 15) is 9.59 Å². The van der Waals surface area contributed by atoms with Gasteiger partial charge >= 0.3 is 0 Å². The van der Waals surface area contributed by atoms with Crippen LogP contribution in [0.5, 0.6) is 0 Å². The Kier molecular flexibility index (Phi) is 5.57. The van der Waals surface area contributed by atoms with Crippen LogP contribution in [0.4, 0.5) is 5.95 Å². The van der Waals surface area contributed by atoms with Gasteiger partial charge in [-0.1, -0.05) is 0 Å². The van der Waals surface area contributed by atoms with Crippen LogP contribution in [-0.2, 0) is 11.2 Å². The number of anilines is 1. The van der Waals surface area contributed by atoms with Crippen molar-refractivity contribution in [2.75, 3.05) is 38.7 Å². The third-order valence-corrected chi connectivity index (χ3v) is 4.17. The molecule has 1 aliphatic heterocycles. The molecule has 1 saturated heterocycles. The molecule has 1 amide bonds. The lowest BCUT2D eigenvalue weighted by Gasteiger charge is -2.33.